The monoisotopic (exact) mass is 270 g/mol. The highest BCUT2D eigenvalue weighted by Gasteiger charge is 2.06. The smallest absolute Gasteiger partial charge is 0.119 e. The minimum Gasteiger partial charge on any atom is -0.508 e. The molecule has 2 rings (SSSR count). The Kier molecular flexibility index (Phi) is 5.46. The van der Waals surface area contributed by atoms with Crippen molar-refractivity contribution in [2.45, 2.75) is 52.4 Å². The van der Waals surface area contributed by atoms with Gasteiger partial charge in [-0.15, -0.1) is 0 Å². The van der Waals surface area contributed by atoms with Gasteiger partial charge in [0.25, 0.3) is 0 Å². The molecule has 0 saturated heterocycles. The number of aromatic hydroxyl groups is 1. The highest BCUT2D eigenvalue weighted by atomic mass is 16.3. The molecule has 2 aromatic carbocycles. The molecule has 0 atom stereocenters. The molecular weight excluding hydrogens is 244 g/mol. The van der Waals surface area contributed by atoms with Gasteiger partial charge in [0.05, 0.1) is 0 Å². The van der Waals surface area contributed by atoms with E-state index in [1.807, 2.05) is 18.2 Å². The van der Waals surface area contributed by atoms with Crippen LogP contribution in [0.1, 0.15) is 51.5 Å². The summed E-state index contributed by atoms with van der Waals surface area (Å²) in [5.74, 6) is 1.27. The molecule has 0 aliphatic rings. The van der Waals surface area contributed by atoms with E-state index in [1.54, 1.807) is 0 Å². The summed E-state index contributed by atoms with van der Waals surface area (Å²) in [6.45, 7) is 4.57. The van der Waals surface area contributed by atoms with E-state index in [9.17, 15) is 5.11 Å². The Hall–Kier alpha value is -1.50. The predicted molar refractivity (Wildman–Crippen MR) is 87.2 cm³/mol. The summed E-state index contributed by atoms with van der Waals surface area (Å²) < 4.78 is 0. The third-order valence-electron chi connectivity index (χ3n) is 3.97. The van der Waals surface area contributed by atoms with Crippen LogP contribution in [0.3, 0.4) is 0 Å². The van der Waals surface area contributed by atoms with Crippen LogP contribution in [0, 0.1) is 5.92 Å². The topological polar surface area (TPSA) is 20.2 Å². The lowest BCUT2D eigenvalue weighted by atomic mass is 9.97. The number of phenols is 1. The van der Waals surface area contributed by atoms with E-state index in [4.69, 9.17) is 0 Å². The molecule has 1 heteroatoms. The molecule has 0 radical (unpaired) electrons. The van der Waals surface area contributed by atoms with E-state index >= 15 is 0 Å². The number of fused-ring (bicyclic) bond motifs is 1. The Morgan fingerprint density at radius 1 is 0.900 bits per heavy atom. The van der Waals surface area contributed by atoms with Crippen molar-refractivity contribution < 1.29 is 5.11 Å². The number of phenolic OH excluding ortho intramolecular Hbond substituents is 1. The van der Waals surface area contributed by atoms with Crippen LogP contribution in [-0.4, -0.2) is 5.11 Å². The second kappa shape index (κ2) is 7.33. The lowest BCUT2D eigenvalue weighted by Gasteiger charge is -2.09. The van der Waals surface area contributed by atoms with Gasteiger partial charge in [-0.05, 0) is 35.6 Å². The predicted octanol–water partition coefficient (Wildman–Crippen LogP) is 5.69. The third kappa shape index (κ3) is 4.00. The highest BCUT2D eigenvalue weighted by Crippen LogP contribution is 2.28. The summed E-state index contributed by atoms with van der Waals surface area (Å²) in [6.07, 6.45) is 7.38. The largest absolute Gasteiger partial charge is 0.508 e. The highest BCUT2D eigenvalue weighted by molar-refractivity contribution is 5.87. The van der Waals surface area contributed by atoms with Crippen LogP contribution in [0.25, 0.3) is 10.8 Å². The Labute approximate surface area is 122 Å². The standard InChI is InChI=1S/C19H26O/c1-15(2)9-5-3-4-6-12-18-17-11-8-7-10-16(17)13-14-19(18)20/h7-8,10-11,13-15,20H,3-6,9,12H2,1-2H3. The van der Waals surface area contributed by atoms with Crippen molar-refractivity contribution in [1.29, 1.82) is 0 Å². The normalized spacial score (nSPS) is 11.3. The Morgan fingerprint density at radius 2 is 1.65 bits per heavy atom. The van der Waals surface area contributed by atoms with Crippen molar-refractivity contribution in [3.05, 3.63) is 42.0 Å². The van der Waals surface area contributed by atoms with Crippen LogP contribution in [0.4, 0.5) is 0 Å². The molecule has 0 fully saturated rings. The van der Waals surface area contributed by atoms with Gasteiger partial charge in [0.15, 0.2) is 0 Å². The maximum absolute atomic E-state index is 10.1. The van der Waals surface area contributed by atoms with Gasteiger partial charge in [-0.25, -0.2) is 0 Å². The van der Waals surface area contributed by atoms with E-state index < -0.39 is 0 Å². The van der Waals surface area contributed by atoms with Gasteiger partial charge in [0.1, 0.15) is 5.75 Å². The molecule has 1 nitrogen and oxygen atoms in total. The van der Waals surface area contributed by atoms with Gasteiger partial charge < -0.3 is 5.11 Å². The summed E-state index contributed by atoms with van der Waals surface area (Å²) in [7, 11) is 0. The van der Waals surface area contributed by atoms with Crippen molar-refractivity contribution in [3.8, 4) is 5.75 Å². The van der Waals surface area contributed by atoms with Crippen molar-refractivity contribution >= 4 is 10.8 Å². The second-order valence-electron chi connectivity index (χ2n) is 6.13. The Bertz CT molecular complexity index is 542. The third-order valence-corrected chi connectivity index (χ3v) is 3.97. The van der Waals surface area contributed by atoms with E-state index in [1.165, 1.54) is 42.9 Å². The number of benzene rings is 2. The number of rotatable bonds is 7. The molecule has 108 valence electrons. The molecule has 1 N–H and O–H groups in total. The van der Waals surface area contributed by atoms with Gasteiger partial charge in [-0.2, -0.15) is 0 Å². The van der Waals surface area contributed by atoms with Crippen LogP contribution in [0.2, 0.25) is 0 Å². The Morgan fingerprint density at radius 3 is 2.45 bits per heavy atom. The molecule has 0 spiro atoms. The maximum atomic E-state index is 10.1. The van der Waals surface area contributed by atoms with Gasteiger partial charge in [-0.1, -0.05) is 69.9 Å². The zero-order chi connectivity index (χ0) is 14.4. The van der Waals surface area contributed by atoms with Crippen LogP contribution in [0.15, 0.2) is 36.4 Å². The molecule has 0 heterocycles. The summed E-state index contributed by atoms with van der Waals surface area (Å²) in [4.78, 5) is 0. The zero-order valence-corrected chi connectivity index (χ0v) is 12.7. The average molecular weight is 270 g/mol. The molecule has 0 bridgehead atoms. The Balaban J connectivity index is 1.91. The zero-order valence-electron chi connectivity index (χ0n) is 12.7. The molecule has 0 unspecified atom stereocenters. The first kappa shape index (κ1) is 14.9. The molecule has 0 saturated carbocycles. The molecule has 0 aliphatic carbocycles. The molecule has 0 amide bonds. The minimum atomic E-state index is 0.450. The number of hydrogen-bond donors (Lipinski definition) is 1. The fraction of sp³-hybridized carbons (Fsp3) is 0.474. The molecule has 0 aromatic heterocycles. The van der Waals surface area contributed by atoms with Crippen molar-refractivity contribution in [1.82, 2.24) is 0 Å². The number of aryl methyl sites for hydroxylation is 1. The average Bonchev–Trinajstić information content (AvgIpc) is 2.44. The van der Waals surface area contributed by atoms with Gasteiger partial charge in [-0.3, -0.25) is 0 Å². The van der Waals surface area contributed by atoms with Gasteiger partial charge >= 0.3 is 0 Å². The fourth-order valence-corrected chi connectivity index (χ4v) is 2.80. The van der Waals surface area contributed by atoms with E-state index in [-0.39, 0.29) is 0 Å². The van der Waals surface area contributed by atoms with E-state index in [0.717, 1.165) is 17.9 Å². The number of hydrogen-bond acceptors (Lipinski definition) is 1. The van der Waals surface area contributed by atoms with Crippen LogP contribution in [-0.2, 0) is 6.42 Å². The quantitative estimate of drug-likeness (QED) is 0.640. The summed E-state index contributed by atoms with van der Waals surface area (Å²) >= 11 is 0. The number of unbranched alkanes of at least 4 members (excludes halogenated alkanes) is 3. The van der Waals surface area contributed by atoms with Crippen LogP contribution < -0.4 is 0 Å². The van der Waals surface area contributed by atoms with Gasteiger partial charge in [0, 0.05) is 5.56 Å². The lowest BCUT2D eigenvalue weighted by molar-refractivity contribution is 0.466. The first-order valence-electron chi connectivity index (χ1n) is 7.88. The van der Waals surface area contributed by atoms with Crippen LogP contribution in [0.5, 0.6) is 5.75 Å². The maximum Gasteiger partial charge on any atom is 0.119 e. The summed E-state index contributed by atoms with van der Waals surface area (Å²) in [5, 5.41) is 12.5. The SMILES string of the molecule is CC(C)CCCCCCc1c(O)ccc2ccccc12. The molecule has 20 heavy (non-hydrogen) atoms. The first-order valence-corrected chi connectivity index (χ1v) is 7.88. The van der Waals surface area contributed by atoms with E-state index in [2.05, 4.69) is 32.0 Å². The molecular formula is C19H26O. The van der Waals surface area contributed by atoms with E-state index in [0.29, 0.717) is 5.75 Å². The molecule has 2 aromatic rings. The van der Waals surface area contributed by atoms with Crippen LogP contribution >= 0.6 is 0 Å². The summed E-state index contributed by atoms with van der Waals surface area (Å²) in [6, 6.07) is 12.2. The molecule has 0 aliphatic heterocycles. The van der Waals surface area contributed by atoms with Crippen molar-refractivity contribution in [2.75, 3.05) is 0 Å². The van der Waals surface area contributed by atoms with Gasteiger partial charge in [0.2, 0.25) is 0 Å². The minimum absolute atomic E-state index is 0.450. The summed E-state index contributed by atoms with van der Waals surface area (Å²) in [5.41, 5.74) is 1.12. The van der Waals surface area contributed by atoms with Crippen molar-refractivity contribution in [3.63, 3.8) is 0 Å². The second-order valence-corrected chi connectivity index (χ2v) is 6.13. The fourth-order valence-electron chi connectivity index (χ4n) is 2.80. The lowest BCUT2D eigenvalue weighted by Crippen LogP contribution is -1.91. The first-order chi connectivity index (χ1) is 9.68. The van der Waals surface area contributed by atoms with Crippen molar-refractivity contribution in [2.24, 2.45) is 5.92 Å².